The summed E-state index contributed by atoms with van der Waals surface area (Å²) in [5, 5.41) is 8.76. The summed E-state index contributed by atoms with van der Waals surface area (Å²) < 4.78 is 13.2. The van der Waals surface area contributed by atoms with Crippen LogP contribution in [0.4, 0.5) is 5.82 Å². The van der Waals surface area contributed by atoms with Gasteiger partial charge in [-0.25, -0.2) is 4.68 Å². The SMILES string of the molecule is COc1ccc(OC)c(-c2nn(-c3ccccc3C(C)C)c3c2CCCCN3)c1. The van der Waals surface area contributed by atoms with Crippen LogP contribution < -0.4 is 14.8 Å². The molecule has 0 saturated heterocycles. The van der Waals surface area contributed by atoms with Crippen molar-refractivity contribution in [3.63, 3.8) is 0 Å². The van der Waals surface area contributed by atoms with Gasteiger partial charge in [0, 0.05) is 17.7 Å². The second kappa shape index (κ2) is 8.19. The third-order valence-electron chi connectivity index (χ3n) is 5.58. The molecule has 0 amide bonds. The van der Waals surface area contributed by atoms with Gasteiger partial charge >= 0.3 is 0 Å². The Labute approximate surface area is 172 Å². The van der Waals surface area contributed by atoms with Crippen molar-refractivity contribution in [3.05, 3.63) is 53.6 Å². The minimum atomic E-state index is 0.409. The summed E-state index contributed by atoms with van der Waals surface area (Å²) in [6.07, 6.45) is 3.27. The molecular weight excluding hydrogens is 362 g/mol. The topological polar surface area (TPSA) is 48.3 Å². The van der Waals surface area contributed by atoms with E-state index in [0.717, 1.165) is 60.1 Å². The molecule has 5 nitrogen and oxygen atoms in total. The molecule has 29 heavy (non-hydrogen) atoms. The molecule has 2 aromatic carbocycles. The van der Waals surface area contributed by atoms with Gasteiger partial charge in [0.2, 0.25) is 0 Å². The molecule has 4 rings (SSSR count). The van der Waals surface area contributed by atoms with E-state index in [2.05, 4.69) is 48.1 Å². The van der Waals surface area contributed by atoms with E-state index in [4.69, 9.17) is 14.6 Å². The monoisotopic (exact) mass is 391 g/mol. The van der Waals surface area contributed by atoms with Crippen LogP contribution in [0.15, 0.2) is 42.5 Å². The Kier molecular flexibility index (Phi) is 5.47. The molecule has 0 radical (unpaired) electrons. The summed E-state index contributed by atoms with van der Waals surface area (Å²) in [6.45, 7) is 5.40. The Morgan fingerprint density at radius 1 is 1.03 bits per heavy atom. The van der Waals surface area contributed by atoms with Crippen molar-refractivity contribution in [1.82, 2.24) is 9.78 Å². The van der Waals surface area contributed by atoms with E-state index >= 15 is 0 Å². The maximum Gasteiger partial charge on any atom is 0.133 e. The number of nitrogens with zero attached hydrogens (tertiary/aromatic N) is 2. The third kappa shape index (κ3) is 3.57. The molecule has 1 aliphatic rings. The summed E-state index contributed by atoms with van der Waals surface area (Å²) in [7, 11) is 3.39. The highest BCUT2D eigenvalue weighted by Crippen LogP contribution is 2.40. The highest BCUT2D eigenvalue weighted by Gasteiger charge is 2.25. The number of hydrogen-bond acceptors (Lipinski definition) is 4. The van der Waals surface area contributed by atoms with Gasteiger partial charge in [0.15, 0.2) is 0 Å². The molecule has 0 aliphatic carbocycles. The predicted octanol–water partition coefficient (Wildman–Crippen LogP) is 5.43. The van der Waals surface area contributed by atoms with E-state index in [1.165, 1.54) is 11.1 Å². The van der Waals surface area contributed by atoms with Gasteiger partial charge in [-0.05, 0) is 55.0 Å². The Morgan fingerprint density at radius 2 is 1.86 bits per heavy atom. The lowest BCUT2D eigenvalue weighted by molar-refractivity contribution is 0.404. The van der Waals surface area contributed by atoms with E-state index in [1.54, 1.807) is 14.2 Å². The Bertz CT molecular complexity index is 1010. The summed E-state index contributed by atoms with van der Waals surface area (Å²) in [5.41, 5.74) is 5.58. The van der Waals surface area contributed by atoms with Gasteiger partial charge in [-0.15, -0.1) is 0 Å². The van der Waals surface area contributed by atoms with Crippen LogP contribution in [0, 0.1) is 0 Å². The molecule has 0 unspecified atom stereocenters. The minimum Gasteiger partial charge on any atom is -0.497 e. The van der Waals surface area contributed by atoms with Crippen molar-refractivity contribution in [3.8, 4) is 28.4 Å². The maximum atomic E-state index is 5.67. The molecule has 0 bridgehead atoms. The summed E-state index contributed by atoms with van der Waals surface area (Å²) in [5.74, 6) is 3.11. The number of benzene rings is 2. The van der Waals surface area contributed by atoms with Crippen molar-refractivity contribution in [2.24, 2.45) is 0 Å². The Balaban J connectivity index is 1.97. The lowest BCUT2D eigenvalue weighted by Crippen LogP contribution is -2.09. The first-order valence-corrected chi connectivity index (χ1v) is 10.3. The number of rotatable bonds is 5. The van der Waals surface area contributed by atoms with Crippen LogP contribution in [0.2, 0.25) is 0 Å². The van der Waals surface area contributed by atoms with Crippen LogP contribution in [-0.4, -0.2) is 30.5 Å². The molecule has 152 valence electrons. The fraction of sp³-hybridized carbons (Fsp3) is 0.375. The fourth-order valence-electron chi connectivity index (χ4n) is 4.06. The highest BCUT2D eigenvalue weighted by molar-refractivity contribution is 5.77. The summed E-state index contributed by atoms with van der Waals surface area (Å²) in [4.78, 5) is 0. The Morgan fingerprint density at radius 3 is 2.62 bits per heavy atom. The second-order valence-corrected chi connectivity index (χ2v) is 7.75. The van der Waals surface area contributed by atoms with Crippen molar-refractivity contribution >= 4 is 5.82 Å². The zero-order valence-corrected chi connectivity index (χ0v) is 17.7. The number of methoxy groups -OCH3 is 2. The Hall–Kier alpha value is -2.95. The second-order valence-electron chi connectivity index (χ2n) is 7.75. The molecule has 3 aromatic rings. The van der Waals surface area contributed by atoms with Gasteiger partial charge in [0.1, 0.15) is 23.0 Å². The van der Waals surface area contributed by atoms with Gasteiger partial charge in [-0.2, -0.15) is 5.10 Å². The van der Waals surface area contributed by atoms with Crippen molar-refractivity contribution in [1.29, 1.82) is 0 Å². The molecule has 1 N–H and O–H groups in total. The fourth-order valence-corrected chi connectivity index (χ4v) is 4.06. The summed E-state index contributed by atoms with van der Waals surface area (Å²) in [6, 6.07) is 14.4. The number of aromatic nitrogens is 2. The van der Waals surface area contributed by atoms with Gasteiger partial charge < -0.3 is 14.8 Å². The van der Waals surface area contributed by atoms with Crippen molar-refractivity contribution in [2.75, 3.05) is 26.1 Å². The zero-order chi connectivity index (χ0) is 20.4. The van der Waals surface area contributed by atoms with Crippen molar-refractivity contribution in [2.45, 2.75) is 39.0 Å². The smallest absolute Gasteiger partial charge is 0.133 e. The molecule has 1 aliphatic heterocycles. The standard InChI is InChI=1S/C24H29N3O2/c1-16(2)18-9-5-6-11-21(18)27-24-19(10-7-8-14-25-24)23(26-27)20-15-17(28-3)12-13-22(20)29-4/h5-6,9,11-13,15-16,25H,7-8,10,14H2,1-4H3. The van der Waals surface area contributed by atoms with Crippen LogP contribution in [-0.2, 0) is 6.42 Å². The molecule has 1 aromatic heterocycles. The highest BCUT2D eigenvalue weighted by atomic mass is 16.5. The largest absolute Gasteiger partial charge is 0.497 e. The molecule has 0 fully saturated rings. The summed E-state index contributed by atoms with van der Waals surface area (Å²) >= 11 is 0. The van der Waals surface area contributed by atoms with Gasteiger partial charge in [-0.1, -0.05) is 32.0 Å². The molecule has 0 saturated carbocycles. The first-order chi connectivity index (χ1) is 14.1. The van der Waals surface area contributed by atoms with Crippen LogP contribution >= 0.6 is 0 Å². The molecule has 2 heterocycles. The van der Waals surface area contributed by atoms with Crippen LogP contribution in [0.1, 0.15) is 43.7 Å². The lowest BCUT2D eigenvalue weighted by Gasteiger charge is -2.15. The van der Waals surface area contributed by atoms with E-state index in [9.17, 15) is 0 Å². The predicted molar refractivity (Wildman–Crippen MR) is 118 cm³/mol. The number of nitrogens with one attached hydrogen (secondary N) is 1. The van der Waals surface area contributed by atoms with E-state index < -0.39 is 0 Å². The first-order valence-electron chi connectivity index (χ1n) is 10.3. The van der Waals surface area contributed by atoms with Crippen molar-refractivity contribution < 1.29 is 9.47 Å². The normalized spacial score (nSPS) is 13.6. The van der Waals surface area contributed by atoms with Crippen LogP contribution in [0.5, 0.6) is 11.5 Å². The average Bonchev–Trinajstić information content (AvgIpc) is 2.93. The average molecular weight is 392 g/mol. The zero-order valence-electron chi connectivity index (χ0n) is 17.7. The number of fused-ring (bicyclic) bond motifs is 1. The van der Waals surface area contributed by atoms with Crippen LogP contribution in [0.3, 0.4) is 0 Å². The third-order valence-corrected chi connectivity index (χ3v) is 5.58. The number of anilines is 1. The minimum absolute atomic E-state index is 0.409. The number of para-hydroxylation sites is 1. The van der Waals surface area contributed by atoms with E-state index in [0.29, 0.717) is 5.92 Å². The van der Waals surface area contributed by atoms with Gasteiger partial charge in [0.05, 0.1) is 19.9 Å². The molecule has 0 atom stereocenters. The quantitative estimate of drug-likeness (QED) is 0.630. The number of ether oxygens (including phenoxy) is 2. The lowest BCUT2D eigenvalue weighted by atomic mass is 10.0. The molecule has 0 spiro atoms. The van der Waals surface area contributed by atoms with E-state index in [-0.39, 0.29) is 0 Å². The van der Waals surface area contributed by atoms with Crippen LogP contribution in [0.25, 0.3) is 16.9 Å². The molecular formula is C24H29N3O2. The number of hydrogen-bond donors (Lipinski definition) is 1. The van der Waals surface area contributed by atoms with Gasteiger partial charge in [-0.3, -0.25) is 0 Å². The van der Waals surface area contributed by atoms with E-state index in [1.807, 2.05) is 18.2 Å². The van der Waals surface area contributed by atoms with Gasteiger partial charge in [0.25, 0.3) is 0 Å². The first kappa shape index (κ1) is 19.4. The molecule has 5 heteroatoms. The maximum absolute atomic E-state index is 5.67.